The summed E-state index contributed by atoms with van der Waals surface area (Å²) in [4.78, 5) is 27.9. The molecule has 0 amide bonds. The third kappa shape index (κ3) is 3.48. The molecular formula is C9H8N2O3S. The molecule has 1 heterocycles. The van der Waals surface area contributed by atoms with Crippen LogP contribution in [0, 0.1) is 11.8 Å². The van der Waals surface area contributed by atoms with Crippen LogP contribution < -0.4 is 5.56 Å². The Morgan fingerprint density at radius 1 is 1.73 bits per heavy atom. The van der Waals surface area contributed by atoms with Crippen molar-refractivity contribution in [3.8, 4) is 11.8 Å². The molecule has 1 aromatic heterocycles. The van der Waals surface area contributed by atoms with Crippen LogP contribution >= 0.6 is 11.8 Å². The molecule has 78 valence electrons. The van der Waals surface area contributed by atoms with Crippen molar-refractivity contribution >= 4 is 17.7 Å². The number of H-pyrrole nitrogens is 1. The summed E-state index contributed by atoms with van der Waals surface area (Å²) in [6.45, 7) is 0. The highest BCUT2D eigenvalue weighted by molar-refractivity contribution is 7.98. The van der Waals surface area contributed by atoms with E-state index in [1.54, 1.807) is 6.26 Å². The molecule has 0 unspecified atom stereocenters. The minimum absolute atomic E-state index is 0.175. The van der Waals surface area contributed by atoms with Gasteiger partial charge in [-0.3, -0.25) is 9.59 Å². The van der Waals surface area contributed by atoms with Crippen LogP contribution in [0.1, 0.15) is 12.0 Å². The number of nitrogens with zero attached hydrogens (tertiary/aromatic N) is 1. The van der Waals surface area contributed by atoms with Gasteiger partial charge in [0.05, 0.1) is 6.20 Å². The summed E-state index contributed by atoms with van der Waals surface area (Å²) in [6.07, 6.45) is 2.83. The van der Waals surface area contributed by atoms with Gasteiger partial charge in [0.15, 0.2) is 5.16 Å². The fourth-order valence-corrected chi connectivity index (χ4v) is 1.14. The summed E-state index contributed by atoms with van der Waals surface area (Å²) in [5.41, 5.74) is -0.179. The number of thioether (sulfide) groups is 1. The lowest BCUT2D eigenvalue weighted by atomic mass is 10.3. The summed E-state index contributed by atoms with van der Waals surface area (Å²) >= 11 is 1.31. The number of carboxylic acid groups (broad SMARTS) is 1. The Labute approximate surface area is 89.9 Å². The summed E-state index contributed by atoms with van der Waals surface area (Å²) in [7, 11) is 0. The quantitative estimate of drug-likeness (QED) is 0.429. The molecular weight excluding hydrogens is 216 g/mol. The Morgan fingerprint density at radius 2 is 2.47 bits per heavy atom. The average molecular weight is 224 g/mol. The lowest BCUT2D eigenvalue weighted by molar-refractivity contribution is -0.135. The van der Waals surface area contributed by atoms with E-state index in [4.69, 9.17) is 5.11 Å². The van der Waals surface area contributed by atoms with E-state index in [1.807, 2.05) is 0 Å². The normalized spacial score (nSPS) is 9.13. The number of aromatic amines is 1. The van der Waals surface area contributed by atoms with Crippen molar-refractivity contribution in [1.82, 2.24) is 9.97 Å². The average Bonchev–Trinajstić information content (AvgIpc) is 2.20. The fourth-order valence-electron chi connectivity index (χ4n) is 0.786. The third-order valence-corrected chi connectivity index (χ3v) is 2.03. The smallest absolute Gasteiger partial charge is 0.315 e. The molecule has 15 heavy (non-hydrogen) atoms. The second-order valence-corrected chi connectivity index (χ2v) is 3.30. The number of rotatable bonds is 2. The van der Waals surface area contributed by atoms with E-state index in [0.29, 0.717) is 5.16 Å². The molecule has 5 nitrogen and oxygen atoms in total. The highest BCUT2D eigenvalue weighted by Crippen LogP contribution is 2.03. The molecule has 2 N–H and O–H groups in total. The first-order valence-corrected chi connectivity index (χ1v) is 5.20. The van der Waals surface area contributed by atoms with Crippen LogP contribution in [0.3, 0.4) is 0 Å². The predicted octanol–water partition coefficient (Wildman–Crippen LogP) is 0.318. The molecule has 0 spiro atoms. The number of hydrogen-bond acceptors (Lipinski definition) is 4. The van der Waals surface area contributed by atoms with Gasteiger partial charge in [0.1, 0.15) is 12.0 Å². The lowest BCUT2D eigenvalue weighted by Crippen LogP contribution is -2.11. The van der Waals surface area contributed by atoms with Gasteiger partial charge in [0, 0.05) is 0 Å². The van der Waals surface area contributed by atoms with Gasteiger partial charge < -0.3 is 10.1 Å². The molecule has 1 rings (SSSR count). The molecule has 0 aliphatic rings. The first-order chi connectivity index (χ1) is 7.13. The first-order valence-electron chi connectivity index (χ1n) is 3.97. The van der Waals surface area contributed by atoms with Crippen LogP contribution in [0.5, 0.6) is 0 Å². The van der Waals surface area contributed by atoms with Crippen molar-refractivity contribution in [3.05, 3.63) is 22.1 Å². The van der Waals surface area contributed by atoms with E-state index in [-0.39, 0.29) is 17.5 Å². The predicted molar refractivity (Wildman–Crippen MR) is 55.8 cm³/mol. The molecule has 0 radical (unpaired) electrons. The van der Waals surface area contributed by atoms with Gasteiger partial charge in [-0.2, -0.15) is 0 Å². The van der Waals surface area contributed by atoms with Gasteiger partial charge in [-0.05, 0) is 6.26 Å². The van der Waals surface area contributed by atoms with Crippen molar-refractivity contribution in [3.63, 3.8) is 0 Å². The Morgan fingerprint density at radius 3 is 3.00 bits per heavy atom. The van der Waals surface area contributed by atoms with E-state index in [2.05, 4.69) is 21.8 Å². The molecule has 0 aliphatic heterocycles. The van der Waals surface area contributed by atoms with Crippen molar-refractivity contribution < 1.29 is 9.90 Å². The van der Waals surface area contributed by atoms with Crippen molar-refractivity contribution in [1.29, 1.82) is 0 Å². The standard InChI is InChI=1S/C9H8N2O3S/c1-15-9-10-5-6(8(14)11-9)3-2-4-7(12)13/h5H,4H2,1H3,(H,12,13)(H,10,11,14). The number of carboxylic acids is 1. The largest absolute Gasteiger partial charge is 0.481 e. The summed E-state index contributed by atoms with van der Waals surface area (Å²) in [6, 6.07) is 0. The maximum atomic E-state index is 11.3. The monoisotopic (exact) mass is 224 g/mol. The van der Waals surface area contributed by atoms with Crippen molar-refractivity contribution in [2.75, 3.05) is 6.26 Å². The Balaban J connectivity index is 2.90. The van der Waals surface area contributed by atoms with Crippen LogP contribution in [0.2, 0.25) is 0 Å². The molecule has 0 aromatic carbocycles. The molecule has 0 fully saturated rings. The SMILES string of the molecule is CSc1ncc(C#CCC(=O)O)c(=O)[nH]1. The molecule has 0 saturated heterocycles. The van der Waals surface area contributed by atoms with Crippen LogP contribution in [-0.4, -0.2) is 27.3 Å². The van der Waals surface area contributed by atoms with E-state index in [0.717, 1.165) is 0 Å². The Hall–Kier alpha value is -1.74. The summed E-state index contributed by atoms with van der Waals surface area (Å²) in [5.74, 6) is 3.79. The zero-order chi connectivity index (χ0) is 11.3. The number of aliphatic carboxylic acids is 1. The third-order valence-electron chi connectivity index (χ3n) is 1.43. The lowest BCUT2D eigenvalue weighted by Gasteiger charge is -1.93. The zero-order valence-corrected chi connectivity index (χ0v) is 8.72. The Kier molecular flexibility index (Phi) is 3.94. The maximum absolute atomic E-state index is 11.3. The number of nitrogens with one attached hydrogen (secondary N) is 1. The summed E-state index contributed by atoms with van der Waals surface area (Å²) < 4.78 is 0. The molecule has 0 saturated carbocycles. The molecule has 1 aromatic rings. The first kappa shape index (κ1) is 11.3. The topological polar surface area (TPSA) is 83.0 Å². The second-order valence-electron chi connectivity index (χ2n) is 2.51. The van der Waals surface area contributed by atoms with Crippen LogP contribution in [0.4, 0.5) is 0 Å². The summed E-state index contributed by atoms with van der Waals surface area (Å²) in [5, 5.41) is 8.84. The van der Waals surface area contributed by atoms with Gasteiger partial charge in [-0.25, -0.2) is 4.98 Å². The molecule has 0 atom stereocenters. The minimum Gasteiger partial charge on any atom is -0.481 e. The van der Waals surface area contributed by atoms with Crippen molar-refractivity contribution in [2.45, 2.75) is 11.6 Å². The van der Waals surface area contributed by atoms with Gasteiger partial charge >= 0.3 is 5.97 Å². The van der Waals surface area contributed by atoms with Gasteiger partial charge in [0.2, 0.25) is 0 Å². The van der Waals surface area contributed by atoms with E-state index < -0.39 is 5.97 Å². The zero-order valence-electron chi connectivity index (χ0n) is 7.90. The van der Waals surface area contributed by atoms with E-state index >= 15 is 0 Å². The maximum Gasteiger partial charge on any atom is 0.315 e. The van der Waals surface area contributed by atoms with E-state index in [9.17, 15) is 9.59 Å². The highest BCUT2D eigenvalue weighted by Gasteiger charge is 1.98. The van der Waals surface area contributed by atoms with Gasteiger partial charge in [0.25, 0.3) is 5.56 Å². The molecule has 0 aliphatic carbocycles. The minimum atomic E-state index is -1.02. The second kappa shape index (κ2) is 5.22. The number of hydrogen-bond donors (Lipinski definition) is 2. The van der Waals surface area contributed by atoms with E-state index in [1.165, 1.54) is 18.0 Å². The van der Waals surface area contributed by atoms with Gasteiger partial charge in [-0.1, -0.05) is 23.6 Å². The molecule has 6 heteroatoms. The van der Waals surface area contributed by atoms with Crippen LogP contribution in [0.15, 0.2) is 16.1 Å². The van der Waals surface area contributed by atoms with Crippen LogP contribution in [-0.2, 0) is 4.79 Å². The van der Waals surface area contributed by atoms with Crippen molar-refractivity contribution in [2.24, 2.45) is 0 Å². The number of carbonyl (C=O) groups is 1. The highest BCUT2D eigenvalue weighted by atomic mass is 32.2. The fraction of sp³-hybridized carbons (Fsp3) is 0.222. The van der Waals surface area contributed by atoms with Crippen LogP contribution in [0.25, 0.3) is 0 Å². The molecule has 0 bridgehead atoms. The van der Waals surface area contributed by atoms with Gasteiger partial charge in [-0.15, -0.1) is 0 Å². The number of aromatic nitrogens is 2. The Bertz CT molecular complexity index is 484.